The SMILES string of the molecule is COc1cc(Cl)ccc1N[C@H]1CCN(c2c(C#N)c(=O)n(C)c3ccc(Cl)nc23)C[C@@H]1C. The highest BCUT2D eigenvalue weighted by molar-refractivity contribution is 6.30. The summed E-state index contributed by atoms with van der Waals surface area (Å²) in [5.41, 5.74) is 2.40. The second-order valence-corrected chi connectivity index (χ2v) is 8.83. The molecular formula is C23H23Cl2N5O2. The second-order valence-electron chi connectivity index (χ2n) is 8.01. The van der Waals surface area contributed by atoms with Crippen LogP contribution in [0.5, 0.6) is 5.75 Å². The third kappa shape index (κ3) is 3.96. The van der Waals surface area contributed by atoms with Gasteiger partial charge in [0.1, 0.15) is 28.1 Å². The number of piperidine rings is 1. The van der Waals surface area contributed by atoms with Crippen molar-refractivity contribution in [3.05, 3.63) is 56.4 Å². The first-order valence-corrected chi connectivity index (χ1v) is 11.0. The standard InChI is InChI=1S/C23H23Cl2N5O2/c1-13-12-30(9-8-16(13)27-17-5-4-14(24)10-19(17)32-3)22-15(11-26)23(31)29(2)18-6-7-20(25)28-21(18)22/h4-7,10,13,16,27H,8-9,12H2,1-3H3/t13-,16-/m0/s1. The molecule has 32 heavy (non-hydrogen) atoms. The van der Waals surface area contributed by atoms with Crippen molar-refractivity contribution in [3.8, 4) is 11.8 Å². The number of nitrogens with zero attached hydrogens (tertiary/aromatic N) is 4. The number of hydrogen-bond donors (Lipinski definition) is 1. The number of pyridine rings is 2. The molecular weight excluding hydrogens is 449 g/mol. The van der Waals surface area contributed by atoms with E-state index in [0.29, 0.717) is 45.7 Å². The van der Waals surface area contributed by atoms with Crippen molar-refractivity contribution >= 4 is 45.6 Å². The van der Waals surface area contributed by atoms with Gasteiger partial charge in [0.25, 0.3) is 5.56 Å². The molecule has 1 aliphatic rings. The Morgan fingerprint density at radius 1 is 1.28 bits per heavy atom. The van der Waals surface area contributed by atoms with Crippen LogP contribution in [0, 0.1) is 17.2 Å². The Balaban J connectivity index is 1.67. The van der Waals surface area contributed by atoms with Crippen LogP contribution in [0.2, 0.25) is 10.2 Å². The Kier molecular flexibility index (Phi) is 6.18. The van der Waals surface area contributed by atoms with Crippen LogP contribution in [0.4, 0.5) is 11.4 Å². The first-order valence-electron chi connectivity index (χ1n) is 10.3. The Labute approximate surface area is 196 Å². The quantitative estimate of drug-likeness (QED) is 0.565. The molecule has 2 atom stereocenters. The fraction of sp³-hybridized carbons (Fsp3) is 0.348. The molecule has 7 nitrogen and oxygen atoms in total. The Morgan fingerprint density at radius 3 is 2.75 bits per heavy atom. The molecule has 0 radical (unpaired) electrons. The number of ether oxygens (including phenoxy) is 1. The number of anilines is 2. The lowest BCUT2D eigenvalue weighted by molar-refractivity contribution is 0.395. The molecule has 4 rings (SSSR count). The maximum atomic E-state index is 12.9. The number of fused-ring (bicyclic) bond motifs is 1. The van der Waals surface area contributed by atoms with Gasteiger partial charge in [0, 0.05) is 37.3 Å². The van der Waals surface area contributed by atoms with Crippen molar-refractivity contribution in [3.63, 3.8) is 0 Å². The van der Waals surface area contributed by atoms with Gasteiger partial charge in [-0.3, -0.25) is 4.79 Å². The van der Waals surface area contributed by atoms with Crippen LogP contribution < -0.4 is 20.5 Å². The molecule has 0 aliphatic carbocycles. The highest BCUT2D eigenvalue weighted by Gasteiger charge is 2.30. The summed E-state index contributed by atoms with van der Waals surface area (Å²) >= 11 is 12.2. The molecule has 1 saturated heterocycles. The Bertz CT molecular complexity index is 1280. The first-order chi connectivity index (χ1) is 15.3. The zero-order chi connectivity index (χ0) is 23.0. The van der Waals surface area contributed by atoms with Gasteiger partial charge in [-0.15, -0.1) is 0 Å². The zero-order valence-electron chi connectivity index (χ0n) is 18.0. The van der Waals surface area contributed by atoms with E-state index in [0.717, 1.165) is 12.1 Å². The van der Waals surface area contributed by atoms with Gasteiger partial charge in [-0.05, 0) is 36.6 Å². The van der Waals surface area contributed by atoms with Gasteiger partial charge in [0.2, 0.25) is 0 Å². The summed E-state index contributed by atoms with van der Waals surface area (Å²) in [6, 6.07) is 11.2. The summed E-state index contributed by atoms with van der Waals surface area (Å²) in [5, 5.41) is 14.3. The Morgan fingerprint density at radius 2 is 2.06 bits per heavy atom. The average molecular weight is 472 g/mol. The maximum absolute atomic E-state index is 12.9. The summed E-state index contributed by atoms with van der Waals surface area (Å²) in [6.07, 6.45) is 0.801. The van der Waals surface area contributed by atoms with E-state index in [1.165, 1.54) is 4.57 Å². The van der Waals surface area contributed by atoms with Crippen molar-refractivity contribution in [2.24, 2.45) is 13.0 Å². The molecule has 3 aromatic rings. The van der Waals surface area contributed by atoms with Gasteiger partial charge in [-0.2, -0.15) is 5.26 Å². The topological polar surface area (TPSA) is 83.2 Å². The number of aromatic nitrogens is 2. The smallest absolute Gasteiger partial charge is 0.270 e. The number of halogens is 2. The van der Waals surface area contributed by atoms with E-state index in [2.05, 4.69) is 28.2 Å². The molecule has 3 heterocycles. The lowest BCUT2D eigenvalue weighted by Crippen LogP contribution is -2.46. The van der Waals surface area contributed by atoms with E-state index in [-0.39, 0.29) is 23.1 Å². The third-order valence-electron chi connectivity index (χ3n) is 6.02. The summed E-state index contributed by atoms with van der Waals surface area (Å²) in [6.45, 7) is 3.45. The molecule has 1 aromatic carbocycles. The largest absolute Gasteiger partial charge is 0.495 e. The van der Waals surface area contributed by atoms with Crippen molar-refractivity contribution < 1.29 is 4.74 Å². The average Bonchev–Trinajstić information content (AvgIpc) is 2.78. The van der Waals surface area contributed by atoms with Crippen LogP contribution in [-0.2, 0) is 7.05 Å². The van der Waals surface area contributed by atoms with Crippen molar-refractivity contribution in [1.82, 2.24) is 9.55 Å². The molecule has 0 bridgehead atoms. The normalized spacial score (nSPS) is 18.4. The number of benzene rings is 1. The van der Waals surface area contributed by atoms with Crippen molar-refractivity contribution in [2.75, 3.05) is 30.4 Å². The van der Waals surface area contributed by atoms with Gasteiger partial charge in [0.05, 0.1) is 24.0 Å². The highest BCUT2D eigenvalue weighted by atomic mass is 35.5. The van der Waals surface area contributed by atoms with Crippen LogP contribution in [0.3, 0.4) is 0 Å². The lowest BCUT2D eigenvalue weighted by Gasteiger charge is -2.39. The van der Waals surface area contributed by atoms with E-state index >= 15 is 0 Å². The van der Waals surface area contributed by atoms with Gasteiger partial charge in [-0.25, -0.2) is 4.98 Å². The van der Waals surface area contributed by atoms with Crippen LogP contribution in [-0.4, -0.2) is 35.8 Å². The van der Waals surface area contributed by atoms with Crippen LogP contribution >= 0.6 is 23.2 Å². The summed E-state index contributed by atoms with van der Waals surface area (Å²) < 4.78 is 6.91. The summed E-state index contributed by atoms with van der Waals surface area (Å²) in [7, 11) is 3.26. The van der Waals surface area contributed by atoms with Crippen LogP contribution in [0.25, 0.3) is 11.0 Å². The molecule has 1 fully saturated rings. The molecule has 0 spiro atoms. The minimum Gasteiger partial charge on any atom is -0.495 e. The Hall–Kier alpha value is -2.95. The molecule has 1 aliphatic heterocycles. The number of aryl methyl sites for hydroxylation is 1. The predicted octanol–water partition coefficient (Wildman–Crippen LogP) is 4.45. The van der Waals surface area contributed by atoms with Gasteiger partial charge < -0.3 is 19.5 Å². The molecule has 9 heteroatoms. The zero-order valence-corrected chi connectivity index (χ0v) is 19.5. The number of nitrogens with one attached hydrogen (secondary N) is 1. The molecule has 1 N–H and O–H groups in total. The number of nitriles is 1. The lowest BCUT2D eigenvalue weighted by atomic mass is 9.92. The van der Waals surface area contributed by atoms with E-state index in [9.17, 15) is 10.1 Å². The third-order valence-corrected chi connectivity index (χ3v) is 6.46. The van der Waals surface area contributed by atoms with Crippen LogP contribution in [0.15, 0.2) is 35.1 Å². The molecule has 0 saturated carbocycles. The predicted molar refractivity (Wildman–Crippen MR) is 128 cm³/mol. The minimum absolute atomic E-state index is 0.0905. The van der Waals surface area contributed by atoms with Gasteiger partial charge in [-0.1, -0.05) is 30.1 Å². The maximum Gasteiger partial charge on any atom is 0.270 e. The summed E-state index contributed by atoms with van der Waals surface area (Å²) in [5.74, 6) is 0.907. The number of methoxy groups -OCH3 is 1. The van der Waals surface area contributed by atoms with E-state index in [4.69, 9.17) is 27.9 Å². The van der Waals surface area contributed by atoms with E-state index in [1.807, 2.05) is 12.1 Å². The minimum atomic E-state index is -0.335. The van der Waals surface area contributed by atoms with E-state index in [1.54, 1.807) is 32.4 Å². The summed E-state index contributed by atoms with van der Waals surface area (Å²) in [4.78, 5) is 19.4. The molecule has 166 valence electrons. The van der Waals surface area contributed by atoms with Crippen LogP contribution in [0.1, 0.15) is 18.9 Å². The fourth-order valence-electron chi connectivity index (χ4n) is 4.33. The number of hydrogen-bond acceptors (Lipinski definition) is 6. The van der Waals surface area contributed by atoms with E-state index < -0.39 is 0 Å². The first kappa shape index (κ1) is 22.3. The molecule has 0 unspecified atom stereocenters. The molecule has 2 aromatic heterocycles. The van der Waals surface area contributed by atoms with Crippen molar-refractivity contribution in [2.45, 2.75) is 19.4 Å². The van der Waals surface area contributed by atoms with Gasteiger partial charge in [0.15, 0.2) is 0 Å². The van der Waals surface area contributed by atoms with Gasteiger partial charge >= 0.3 is 0 Å². The van der Waals surface area contributed by atoms with Crippen molar-refractivity contribution in [1.29, 1.82) is 5.26 Å². The molecule has 0 amide bonds. The highest BCUT2D eigenvalue weighted by Crippen LogP contribution is 2.34. The number of rotatable bonds is 4. The monoisotopic (exact) mass is 471 g/mol. The second kappa shape index (κ2) is 8.89. The fourth-order valence-corrected chi connectivity index (χ4v) is 4.64.